The normalized spacial score (nSPS) is 10.3. The van der Waals surface area contributed by atoms with E-state index in [0.29, 0.717) is 23.0 Å². The molecule has 1 aromatic heterocycles. The second kappa shape index (κ2) is 7.96. The third-order valence-corrected chi connectivity index (χ3v) is 4.25. The first kappa shape index (κ1) is 16.5. The number of nitrogens with zero attached hydrogens (tertiary/aromatic N) is 1. The molecule has 0 aliphatic rings. The van der Waals surface area contributed by atoms with Crippen molar-refractivity contribution in [2.45, 2.75) is 13.0 Å². The van der Waals surface area contributed by atoms with E-state index < -0.39 is 0 Å². The molecule has 0 bridgehead atoms. The molecule has 0 saturated heterocycles. The van der Waals surface area contributed by atoms with Crippen LogP contribution in [0.15, 0.2) is 41.8 Å². The van der Waals surface area contributed by atoms with E-state index in [1.165, 1.54) is 11.3 Å². The van der Waals surface area contributed by atoms with Gasteiger partial charge in [-0.2, -0.15) is 0 Å². The molecular formula is C16H17ClN2O2S. The fourth-order valence-corrected chi connectivity index (χ4v) is 2.69. The zero-order valence-electron chi connectivity index (χ0n) is 12.2. The highest BCUT2D eigenvalue weighted by molar-refractivity contribution is 7.12. The van der Waals surface area contributed by atoms with Crippen LogP contribution in [0, 0.1) is 0 Å². The Morgan fingerprint density at radius 3 is 2.59 bits per heavy atom. The number of rotatable bonds is 6. The summed E-state index contributed by atoms with van der Waals surface area (Å²) >= 11 is 7.21. The summed E-state index contributed by atoms with van der Waals surface area (Å²) in [5.41, 5.74) is 1.02. The van der Waals surface area contributed by atoms with Crippen LogP contribution in [0.4, 0.5) is 0 Å². The number of nitrogens with one attached hydrogen (secondary N) is 1. The van der Waals surface area contributed by atoms with Gasteiger partial charge in [-0.15, -0.1) is 11.3 Å². The van der Waals surface area contributed by atoms with Crippen LogP contribution in [0.25, 0.3) is 0 Å². The summed E-state index contributed by atoms with van der Waals surface area (Å²) in [6, 6.07) is 11.0. The maximum Gasteiger partial charge on any atom is 0.261 e. The lowest BCUT2D eigenvalue weighted by Crippen LogP contribution is -2.31. The van der Waals surface area contributed by atoms with E-state index in [0.717, 1.165) is 5.56 Å². The summed E-state index contributed by atoms with van der Waals surface area (Å²) in [7, 11) is 1.75. The van der Waals surface area contributed by atoms with Gasteiger partial charge in [0.05, 0.1) is 4.88 Å². The van der Waals surface area contributed by atoms with E-state index in [2.05, 4.69) is 5.32 Å². The molecule has 1 aromatic carbocycles. The van der Waals surface area contributed by atoms with E-state index in [1.54, 1.807) is 30.1 Å². The Labute approximate surface area is 138 Å². The van der Waals surface area contributed by atoms with Gasteiger partial charge in [-0.3, -0.25) is 9.59 Å². The van der Waals surface area contributed by atoms with Gasteiger partial charge in [0, 0.05) is 31.6 Å². The second-order valence-corrected chi connectivity index (χ2v) is 6.24. The third kappa shape index (κ3) is 4.86. The van der Waals surface area contributed by atoms with Crippen LogP contribution in [0.3, 0.4) is 0 Å². The number of hydrogen-bond donors (Lipinski definition) is 1. The lowest BCUT2D eigenvalue weighted by molar-refractivity contribution is -0.130. The average molecular weight is 337 g/mol. The van der Waals surface area contributed by atoms with Crippen LogP contribution in [-0.4, -0.2) is 30.3 Å². The van der Waals surface area contributed by atoms with Crippen LogP contribution in [0.2, 0.25) is 5.02 Å². The van der Waals surface area contributed by atoms with Gasteiger partial charge < -0.3 is 10.2 Å². The fourth-order valence-electron chi connectivity index (χ4n) is 1.92. The summed E-state index contributed by atoms with van der Waals surface area (Å²) < 4.78 is 0. The highest BCUT2D eigenvalue weighted by Crippen LogP contribution is 2.11. The van der Waals surface area contributed by atoms with Crippen LogP contribution >= 0.6 is 22.9 Å². The first-order valence-electron chi connectivity index (χ1n) is 6.86. The summed E-state index contributed by atoms with van der Waals surface area (Å²) in [4.78, 5) is 26.1. The minimum absolute atomic E-state index is 0.0126. The van der Waals surface area contributed by atoms with Crippen molar-refractivity contribution >= 4 is 34.8 Å². The number of amides is 2. The topological polar surface area (TPSA) is 49.4 Å². The Morgan fingerprint density at radius 1 is 1.23 bits per heavy atom. The number of benzene rings is 1. The van der Waals surface area contributed by atoms with Crippen molar-refractivity contribution in [2.24, 2.45) is 0 Å². The van der Waals surface area contributed by atoms with Crippen molar-refractivity contribution in [1.82, 2.24) is 10.2 Å². The Kier molecular flexibility index (Phi) is 5.98. The molecule has 116 valence electrons. The van der Waals surface area contributed by atoms with Crippen molar-refractivity contribution in [1.29, 1.82) is 0 Å². The maximum atomic E-state index is 12.0. The van der Waals surface area contributed by atoms with Crippen molar-refractivity contribution in [3.8, 4) is 0 Å². The molecule has 2 amide bonds. The first-order chi connectivity index (χ1) is 10.6. The minimum atomic E-state index is -0.136. The van der Waals surface area contributed by atoms with Gasteiger partial charge in [0.15, 0.2) is 0 Å². The molecule has 0 aliphatic heterocycles. The van der Waals surface area contributed by atoms with E-state index in [4.69, 9.17) is 11.6 Å². The molecule has 0 aliphatic carbocycles. The fraction of sp³-hybridized carbons (Fsp3) is 0.250. The standard InChI is InChI=1S/C16H17ClN2O2S/c1-19(11-12-4-6-13(17)7-5-12)15(20)8-9-18-16(21)14-3-2-10-22-14/h2-7,10H,8-9,11H2,1H3,(H,18,21). The summed E-state index contributed by atoms with van der Waals surface area (Å²) in [5.74, 6) is -0.149. The second-order valence-electron chi connectivity index (χ2n) is 4.86. The zero-order valence-corrected chi connectivity index (χ0v) is 13.8. The van der Waals surface area contributed by atoms with Crippen LogP contribution in [0.5, 0.6) is 0 Å². The average Bonchev–Trinajstić information content (AvgIpc) is 3.03. The van der Waals surface area contributed by atoms with E-state index >= 15 is 0 Å². The van der Waals surface area contributed by atoms with Gasteiger partial charge >= 0.3 is 0 Å². The molecule has 1 N–H and O–H groups in total. The highest BCUT2D eigenvalue weighted by atomic mass is 35.5. The Morgan fingerprint density at radius 2 is 1.95 bits per heavy atom. The lowest BCUT2D eigenvalue weighted by Gasteiger charge is -2.17. The molecule has 0 saturated carbocycles. The van der Waals surface area contributed by atoms with E-state index in [1.807, 2.05) is 23.6 Å². The van der Waals surface area contributed by atoms with Gasteiger partial charge in [-0.25, -0.2) is 0 Å². The monoisotopic (exact) mass is 336 g/mol. The molecule has 22 heavy (non-hydrogen) atoms. The molecule has 1 heterocycles. The van der Waals surface area contributed by atoms with Crippen molar-refractivity contribution in [2.75, 3.05) is 13.6 Å². The number of hydrogen-bond acceptors (Lipinski definition) is 3. The highest BCUT2D eigenvalue weighted by Gasteiger charge is 2.11. The minimum Gasteiger partial charge on any atom is -0.351 e. The molecule has 0 atom stereocenters. The quantitative estimate of drug-likeness (QED) is 0.880. The SMILES string of the molecule is CN(Cc1ccc(Cl)cc1)C(=O)CCNC(=O)c1cccs1. The predicted octanol–water partition coefficient (Wildman–Crippen LogP) is 3.18. The van der Waals surface area contributed by atoms with Crippen molar-refractivity contribution < 1.29 is 9.59 Å². The molecule has 6 heteroatoms. The first-order valence-corrected chi connectivity index (χ1v) is 8.12. The summed E-state index contributed by atoms with van der Waals surface area (Å²) in [5, 5.41) is 5.27. The Hall–Kier alpha value is -1.85. The van der Waals surface area contributed by atoms with Crippen LogP contribution in [0.1, 0.15) is 21.7 Å². The van der Waals surface area contributed by atoms with Crippen LogP contribution in [-0.2, 0) is 11.3 Å². The molecule has 0 unspecified atom stereocenters. The molecule has 0 spiro atoms. The van der Waals surface area contributed by atoms with Gasteiger partial charge in [0.2, 0.25) is 5.91 Å². The molecule has 2 aromatic rings. The van der Waals surface area contributed by atoms with Crippen LogP contribution < -0.4 is 5.32 Å². The third-order valence-electron chi connectivity index (χ3n) is 3.13. The summed E-state index contributed by atoms with van der Waals surface area (Å²) in [6.07, 6.45) is 0.279. The number of thiophene rings is 1. The molecule has 0 radical (unpaired) electrons. The maximum absolute atomic E-state index is 12.0. The van der Waals surface area contributed by atoms with Gasteiger partial charge in [-0.05, 0) is 29.1 Å². The van der Waals surface area contributed by atoms with Gasteiger partial charge in [0.1, 0.15) is 0 Å². The summed E-state index contributed by atoms with van der Waals surface area (Å²) in [6.45, 7) is 0.857. The van der Waals surface area contributed by atoms with E-state index in [-0.39, 0.29) is 18.2 Å². The molecular weight excluding hydrogens is 320 g/mol. The molecule has 4 nitrogen and oxygen atoms in total. The van der Waals surface area contributed by atoms with E-state index in [9.17, 15) is 9.59 Å². The Bertz CT molecular complexity index is 626. The van der Waals surface area contributed by atoms with Crippen molar-refractivity contribution in [3.05, 3.63) is 57.2 Å². The number of carbonyl (C=O) groups excluding carboxylic acids is 2. The smallest absolute Gasteiger partial charge is 0.261 e. The lowest BCUT2D eigenvalue weighted by atomic mass is 10.2. The van der Waals surface area contributed by atoms with Crippen molar-refractivity contribution in [3.63, 3.8) is 0 Å². The number of halogens is 1. The predicted molar refractivity (Wildman–Crippen MR) is 89.2 cm³/mol. The largest absolute Gasteiger partial charge is 0.351 e. The number of carbonyl (C=O) groups is 2. The molecule has 2 rings (SSSR count). The van der Waals surface area contributed by atoms with Gasteiger partial charge in [0.25, 0.3) is 5.91 Å². The van der Waals surface area contributed by atoms with Gasteiger partial charge in [-0.1, -0.05) is 29.8 Å². The zero-order chi connectivity index (χ0) is 15.9. The Balaban J connectivity index is 1.74. The molecule has 0 fully saturated rings.